The predicted octanol–water partition coefficient (Wildman–Crippen LogP) is 4.22. The second-order valence-electron chi connectivity index (χ2n) is 10.5. The number of carboxylic acid groups (broad SMARTS) is 1. The van der Waals surface area contributed by atoms with Crippen molar-refractivity contribution in [2.45, 2.75) is 83.6 Å². The van der Waals surface area contributed by atoms with E-state index in [9.17, 15) is 19.5 Å². The van der Waals surface area contributed by atoms with E-state index in [-0.39, 0.29) is 18.4 Å². The van der Waals surface area contributed by atoms with E-state index in [2.05, 4.69) is 10.3 Å². The largest absolute Gasteiger partial charge is 0.493 e. The maximum atomic E-state index is 12.6. The van der Waals surface area contributed by atoms with Crippen LogP contribution in [0.25, 0.3) is 0 Å². The Balaban J connectivity index is 1.11. The van der Waals surface area contributed by atoms with Gasteiger partial charge in [0.1, 0.15) is 18.8 Å². The van der Waals surface area contributed by atoms with Crippen molar-refractivity contribution in [3.05, 3.63) is 23.8 Å². The lowest BCUT2D eigenvalue weighted by molar-refractivity contribution is -0.144. The molecule has 1 saturated heterocycles. The lowest BCUT2D eigenvalue weighted by atomic mass is 10.0. The number of aliphatic imine (C=N–C) groups is 1. The van der Waals surface area contributed by atoms with Crippen molar-refractivity contribution < 1.29 is 24.2 Å². The van der Waals surface area contributed by atoms with Crippen molar-refractivity contribution >= 4 is 29.4 Å². The first-order valence-corrected chi connectivity index (χ1v) is 13.9. The number of carbonyl (C=O) groups is 3. The molecule has 2 amide bonds. The minimum absolute atomic E-state index is 0.0436. The molecule has 2 fully saturated rings. The number of ether oxygens (including phenoxy) is 1. The van der Waals surface area contributed by atoms with Gasteiger partial charge in [0.15, 0.2) is 0 Å². The summed E-state index contributed by atoms with van der Waals surface area (Å²) in [7, 11) is 0. The molecule has 0 unspecified atom stereocenters. The van der Waals surface area contributed by atoms with Gasteiger partial charge in [-0.25, -0.2) is 4.99 Å². The molecule has 0 spiro atoms. The van der Waals surface area contributed by atoms with Gasteiger partial charge in [0, 0.05) is 18.5 Å². The maximum absolute atomic E-state index is 12.6. The summed E-state index contributed by atoms with van der Waals surface area (Å²) in [6, 6.07) is 5.78. The van der Waals surface area contributed by atoms with Crippen LogP contribution in [0.1, 0.15) is 82.6 Å². The molecule has 1 aromatic rings. The van der Waals surface area contributed by atoms with Gasteiger partial charge in [-0.05, 0) is 37.3 Å². The topological polar surface area (TPSA) is 112 Å². The molecule has 0 radical (unpaired) electrons. The van der Waals surface area contributed by atoms with Gasteiger partial charge in [-0.3, -0.25) is 19.7 Å². The van der Waals surface area contributed by atoms with Gasteiger partial charge >= 0.3 is 5.97 Å². The summed E-state index contributed by atoms with van der Waals surface area (Å²) < 4.78 is 6.04. The molecule has 1 aromatic carbocycles. The van der Waals surface area contributed by atoms with Crippen LogP contribution in [0.5, 0.6) is 5.75 Å². The van der Waals surface area contributed by atoms with Crippen molar-refractivity contribution in [2.75, 3.05) is 26.2 Å². The van der Waals surface area contributed by atoms with Crippen LogP contribution < -0.4 is 10.1 Å². The zero-order chi connectivity index (χ0) is 26.0. The first-order valence-electron chi connectivity index (χ1n) is 13.9. The van der Waals surface area contributed by atoms with Crippen LogP contribution in [-0.2, 0) is 20.9 Å². The highest BCUT2D eigenvalue weighted by molar-refractivity contribution is 6.05. The Hall–Kier alpha value is -3.10. The molecule has 1 saturated carbocycles. The van der Waals surface area contributed by atoms with Gasteiger partial charge in [0.05, 0.1) is 18.8 Å². The van der Waals surface area contributed by atoms with Crippen LogP contribution >= 0.6 is 0 Å². The lowest BCUT2D eigenvalue weighted by Gasteiger charge is -2.24. The third-order valence-electron chi connectivity index (χ3n) is 7.56. The molecule has 4 rings (SSSR count). The number of nitrogens with zero attached hydrogens (tertiary/aromatic N) is 3. The fourth-order valence-electron chi connectivity index (χ4n) is 5.54. The average molecular weight is 513 g/mol. The van der Waals surface area contributed by atoms with Gasteiger partial charge < -0.3 is 19.6 Å². The summed E-state index contributed by atoms with van der Waals surface area (Å²) in [5, 5.41) is 12.0. The fourth-order valence-corrected chi connectivity index (χ4v) is 5.54. The van der Waals surface area contributed by atoms with Gasteiger partial charge in [0.25, 0.3) is 0 Å². The molecule has 0 aromatic heterocycles. The Labute approximate surface area is 219 Å². The molecule has 3 aliphatic rings. The Morgan fingerprint density at radius 2 is 1.89 bits per heavy atom. The number of nitrogens with one attached hydrogen (secondary N) is 1. The quantitative estimate of drug-likeness (QED) is 0.340. The van der Waals surface area contributed by atoms with E-state index in [4.69, 9.17) is 4.74 Å². The Morgan fingerprint density at radius 1 is 1.08 bits per heavy atom. The number of guanidine groups is 1. The van der Waals surface area contributed by atoms with Crippen molar-refractivity contribution in [2.24, 2.45) is 10.9 Å². The van der Waals surface area contributed by atoms with Gasteiger partial charge in [-0.15, -0.1) is 0 Å². The number of benzene rings is 1. The minimum atomic E-state index is -0.945. The second-order valence-corrected chi connectivity index (χ2v) is 10.5. The van der Waals surface area contributed by atoms with Gasteiger partial charge in [-0.1, -0.05) is 57.4 Å². The average Bonchev–Trinajstić information content (AvgIpc) is 3.52. The van der Waals surface area contributed by atoms with Crippen LogP contribution in [0.2, 0.25) is 0 Å². The van der Waals surface area contributed by atoms with Crippen LogP contribution in [0.4, 0.5) is 5.69 Å². The maximum Gasteiger partial charge on any atom is 0.323 e. The second kappa shape index (κ2) is 13.4. The molecule has 202 valence electrons. The van der Waals surface area contributed by atoms with Crippen molar-refractivity contribution in [1.82, 2.24) is 15.1 Å². The Bertz CT molecular complexity index is 989. The summed E-state index contributed by atoms with van der Waals surface area (Å²) in [5.41, 5.74) is 1.82. The van der Waals surface area contributed by atoms with E-state index in [0.29, 0.717) is 38.6 Å². The summed E-state index contributed by atoms with van der Waals surface area (Å²) in [6.07, 6.45) is 12.3. The predicted molar refractivity (Wildman–Crippen MR) is 141 cm³/mol. The third kappa shape index (κ3) is 7.94. The van der Waals surface area contributed by atoms with Crippen LogP contribution in [0, 0.1) is 5.92 Å². The molecule has 9 heteroatoms. The van der Waals surface area contributed by atoms with E-state index in [1.54, 1.807) is 0 Å². The summed E-state index contributed by atoms with van der Waals surface area (Å²) in [6.45, 7) is 1.82. The van der Waals surface area contributed by atoms with Crippen LogP contribution in [-0.4, -0.2) is 64.9 Å². The van der Waals surface area contributed by atoms with Crippen LogP contribution in [0.3, 0.4) is 0 Å². The first kappa shape index (κ1) is 26.9. The zero-order valence-electron chi connectivity index (χ0n) is 21.8. The van der Waals surface area contributed by atoms with Crippen LogP contribution in [0.15, 0.2) is 23.2 Å². The van der Waals surface area contributed by atoms with Gasteiger partial charge in [-0.2, -0.15) is 0 Å². The van der Waals surface area contributed by atoms with Crippen molar-refractivity contribution in [1.29, 1.82) is 0 Å². The fraction of sp³-hybridized carbons (Fsp3) is 0.643. The summed E-state index contributed by atoms with van der Waals surface area (Å²) in [5.74, 6) is 1.19. The molecule has 2 heterocycles. The van der Waals surface area contributed by atoms with Gasteiger partial charge in [0.2, 0.25) is 17.8 Å². The summed E-state index contributed by atoms with van der Waals surface area (Å²) >= 11 is 0. The molecular weight excluding hydrogens is 472 g/mol. The normalized spacial score (nSPS) is 16.7. The number of carboxylic acids is 1. The van der Waals surface area contributed by atoms with E-state index >= 15 is 0 Å². The number of hydrogen-bond donors (Lipinski definition) is 2. The Morgan fingerprint density at radius 3 is 2.70 bits per heavy atom. The van der Waals surface area contributed by atoms with E-state index in [0.717, 1.165) is 61.4 Å². The molecule has 1 aliphatic carbocycles. The highest BCUT2D eigenvalue weighted by Crippen LogP contribution is 2.34. The monoisotopic (exact) mass is 512 g/mol. The standard InChI is InChI=1S/C28H40N4O5/c33-25-19-32-18-22-23(29-28(32)30-25)13-9-14-24(22)37-17-8-2-1-3-15-26(34)31(20-27(35)36)16-7-6-12-21-10-4-5-11-21/h9,13-14,21H,1-8,10-12,15-20H2,(H,35,36)(H,29,30,33). The minimum Gasteiger partial charge on any atom is -0.493 e. The smallest absolute Gasteiger partial charge is 0.323 e. The summed E-state index contributed by atoms with van der Waals surface area (Å²) in [4.78, 5) is 43.5. The number of hydrogen-bond acceptors (Lipinski definition) is 6. The van der Waals surface area contributed by atoms with E-state index in [1.165, 1.54) is 37.0 Å². The molecule has 9 nitrogen and oxygen atoms in total. The van der Waals surface area contributed by atoms with E-state index < -0.39 is 5.97 Å². The molecule has 37 heavy (non-hydrogen) atoms. The van der Waals surface area contributed by atoms with Crippen molar-refractivity contribution in [3.8, 4) is 5.75 Å². The number of amides is 2. The first-order chi connectivity index (χ1) is 18.0. The number of aliphatic carboxylic acids is 1. The highest BCUT2D eigenvalue weighted by atomic mass is 16.5. The molecule has 0 atom stereocenters. The SMILES string of the molecule is O=C(O)CN(CCCCC1CCCC1)C(=O)CCCCCCOc1cccc2c1CN1CC(=O)NC1=N2. The molecular formula is C28H40N4O5. The zero-order valence-corrected chi connectivity index (χ0v) is 21.8. The highest BCUT2D eigenvalue weighted by Gasteiger charge is 2.30. The Kier molecular flexibility index (Phi) is 9.79. The number of unbranched alkanes of at least 4 members (excludes halogenated alkanes) is 4. The lowest BCUT2D eigenvalue weighted by Crippen LogP contribution is -2.36. The number of carbonyl (C=O) groups excluding carboxylic acids is 2. The molecule has 0 bridgehead atoms. The number of fused-ring (bicyclic) bond motifs is 2. The van der Waals surface area contributed by atoms with E-state index in [1.807, 2.05) is 23.1 Å². The number of rotatable bonds is 15. The molecule has 2 aliphatic heterocycles. The van der Waals surface area contributed by atoms with Crippen molar-refractivity contribution in [3.63, 3.8) is 0 Å². The third-order valence-corrected chi connectivity index (χ3v) is 7.56. The molecule has 2 N–H and O–H groups in total.